The highest BCUT2D eigenvalue weighted by Crippen LogP contribution is 2.21. The minimum absolute atomic E-state index is 0.252. The van der Waals surface area contributed by atoms with E-state index in [-0.39, 0.29) is 18.6 Å². The van der Waals surface area contributed by atoms with Gasteiger partial charge >= 0.3 is 12.0 Å². The van der Waals surface area contributed by atoms with Gasteiger partial charge in [-0.3, -0.25) is 9.48 Å². The summed E-state index contributed by atoms with van der Waals surface area (Å²) in [6.45, 7) is 6.94. The fourth-order valence-electron chi connectivity index (χ4n) is 2.72. The predicted molar refractivity (Wildman–Crippen MR) is 82.9 cm³/mol. The van der Waals surface area contributed by atoms with Crippen molar-refractivity contribution in [3.05, 3.63) is 11.9 Å². The lowest BCUT2D eigenvalue weighted by Gasteiger charge is -2.30. The second-order valence-corrected chi connectivity index (χ2v) is 5.90. The van der Waals surface area contributed by atoms with Crippen LogP contribution >= 0.6 is 0 Å². The second kappa shape index (κ2) is 6.81. The number of carboxylic acids is 1. The summed E-state index contributed by atoms with van der Waals surface area (Å²) >= 11 is 0. The molecule has 0 bridgehead atoms. The van der Waals surface area contributed by atoms with Crippen molar-refractivity contribution in [1.82, 2.24) is 14.7 Å². The Morgan fingerprint density at radius 2 is 2.27 bits per heavy atom. The average molecular weight is 308 g/mol. The zero-order valence-corrected chi connectivity index (χ0v) is 13.4. The smallest absolute Gasteiger partial charge is 0.321 e. The second-order valence-electron chi connectivity index (χ2n) is 5.90. The van der Waals surface area contributed by atoms with E-state index in [2.05, 4.69) is 24.3 Å². The number of hydrogen-bond donors (Lipinski definition) is 2. The molecule has 1 aliphatic heterocycles. The molecule has 0 aromatic carbocycles. The molecule has 22 heavy (non-hydrogen) atoms. The highest BCUT2D eigenvalue weighted by Gasteiger charge is 2.28. The third kappa shape index (κ3) is 3.40. The number of rotatable bonds is 4. The molecular weight excluding hydrogens is 284 g/mol. The number of amides is 2. The molecule has 7 nitrogen and oxygen atoms in total. The molecule has 2 rings (SSSR count). The van der Waals surface area contributed by atoms with Crippen molar-refractivity contribution in [2.45, 2.75) is 46.1 Å². The van der Waals surface area contributed by atoms with E-state index in [1.165, 1.54) is 0 Å². The first kappa shape index (κ1) is 16.3. The lowest BCUT2D eigenvalue weighted by molar-refractivity contribution is -0.143. The van der Waals surface area contributed by atoms with Gasteiger partial charge < -0.3 is 15.3 Å². The van der Waals surface area contributed by atoms with E-state index in [0.717, 1.165) is 18.5 Å². The van der Waals surface area contributed by atoms with Crippen LogP contribution in [0.2, 0.25) is 0 Å². The molecule has 2 amide bonds. The summed E-state index contributed by atoms with van der Waals surface area (Å²) in [6.07, 6.45) is 3.96. The number of urea groups is 1. The van der Waals surface area contributed by atoms with Crippen LogP contribution in [-0.4, -0.2) is 44.9 Å². The normalized spacial score (nSPS) is 19.8. The van der Waals surface area contributed by atoms with Gasteiger partial charge in [-0.05, 0) is 33.1 Å². The molecule has 7 heteroatoms. The van der Waals surface area contributed by atoms with Crippen molar-refractivity contribution in [1.29, 1.82) is 0 Å². The molecule has 2 heterocycles. The maximum absolute atomic E-state index is 12.3. The molecule has 1 aliphatic rings. The minimum atomic E-state index is -0.835. The molecular formula is C15H24N4O3. The molecule has 2 atom stereocenters. The molecule has 1 saturated heterocycles. The zero-order chi connectivity index (χ0) is 16.3. The van der Waals surface area contributed by atoms with Crippen LogP contribution in [0.4, 0.5) is 10.5 Å². The Labute approximate surface area is 130 Å². The van der Waals surface area contributed by atoms with Crippen LogP contribution in [0.15, 0.2) is 6.20 Å². The lowest BCUT2D eigenvalue weighted by atomic mass is 9.99. The summed E-state index contributed by atoms with van der Waals surface area (Å²) in [5.41, 5.74) is 1.59. The molecule has 122 valence electrons. The molecule has 0 saturated carbocycles. The van der Waals surface area contributed by atoms with Crippen LogP contribution in [0.5, 0.6) is 0 Å². The minimum Gasteiger partial charge on any atom is -0.481 e. The number of carbonyl (C=O) groups excluding carboxylic acids is 1. The van der Waals surface area contributed by atoms with Gasteiger partial charge in [0, 0.05) is 19.1 Å². The number of aromatic nitrogens is 2. The van der Waals surface area contributed by atoms with Gasteiger partial charge in [-0.25, -0.2) is 4.79 Å². The fourth-order valence-corrected chi connectivity index (χ4v) is 2.72. The maximum atomic E-state index is 12.3. The Bertz CT molecular complexity index is 555. The summed E-state index contributed by atoms with van der Waals surface area (Å²) in [6, 6.07) is 0.0229. The Morgan fingerprint density at radius 3 is 2.91 bits per heavy atom. The number of nitrogens with zero attached hydrogens (tertiary/aromatic N) is 3. The van der Waals surface area contributed by atoms with Crippen LogP contribution in [0.25, 0.3) is 0 Å². The molecule has 0 aliphatic carbocycles. The van der Waals surface area contributed by atoms with Gasteiger partial charge in [0.15, 0.2) is 0 Å². The van der Waals surface area contributed by atoms with Crippen molar-refractivity contribution >= 4 is 17.7 Å². The zero-order valence-electron chi connectivity index (χ0n) is 13.4. The van der Waals surface area contributed by atoms with Crippen molar-refractivity contribution < 1.29 is 14.7 Å². The highest BCUT2D eigenvalue weighted by atomic mass is 16.4. The van der Waals surface area contributed by atoms with Crippen molar-refractivity contribution in [3.8, 4) is 0 Å². The van der Waals surface area contributed by atoms with Gasteiger partial charge in [-0.2, -0.15) is 5.10 Å². The number of piperidine rings is 1. The Hall–Kier alpha value is -2.05. The molecule has 0 radical (unpaired) electrons. The molecule has 2 unspecified atom stereocenters. The van der Waals surface area contributed by atoms with E-state index in [0.29, 0.717) is 18.7 Å². The van der Waals surface area contributed by atoms with E-state index < -0.39 is 11.9 Å². The van der Waals surface area contributed by atoms with Crippen LogP contribution in [-0.2, 0) is 4.79 Å². The SMILES string of the molecule is CCC(C)n1ncc(NC(=O)N2CCCC(C(=O)O)C2)c1C. The van der Waals surface area contributed by atoms with E-state index >= 15 is 0 Å². The summed E-state index contributed by atoms with van der Waals surface area (Å²) in [7, 11) is 0. The number of likely N-dealkylation sites (tertiary alicyclic amines) is 1. The van der Waals surface area contributed by atoms with Crippen LogP contribution in [0.1, 0.15) is 44.8 Å². The average Bonchev–Trinajstić information content (AvgIpc) is 2.87. The lowest BCUT2D eigenvalue weighted by Crippen LogP contribution is -2.44. The van der Waals surface area contributed by atoms with Gasteiger partial charge in [0.1, 0.15) is 0 Å². The standard InChI is InChI=1S/C15H24N4O3/c1-4-10(2)19-11(3)13(8-16-19)17-15(22)18-7-5-6-12(9-18)14(20)21/h8,10,12H,4-7,9H2,1-3H3,(H,17,22)(H,20,21). The number of nitrogens with one attached hydrogen (secondary N) is 1. The largest absolute Gasteiger partial charge is 0.481 e. The third-order valence-electron chi connectivity index (χ3n) is 4.35. The first-order valence-electron chi connectivity index (χ1n) is 7.76. The first-order chi connectivity index (χ1) is 10.4. The summed E-state index contributed by atoms with van der Waals surface area (Å²) < 4.78 is 1.89. The topological polar surface area (TPSA) is 87.5 Å². The summed E-state index contributed by atoms with van der Waals surface area (Å²) in [5.74, 6) is -1.30. The van der Waals surface area contributed by atoms with Gasteiger partial charge in [0.25, 0.3) is 0 Å². The van der Waals surface area contributed by atoms with Gasteiger partial charge in [-0.15, -0.1) is 0 Å². The molecule has 1 aromatic rings. The third-order valence-corrected chi connectivity index (χ3v) is 4.35. The number of aliphatic carboxylic acids is 1. The van der Waals surface area contributed by atoms with Crippen LogP contribution in [0.3, 0.4) is 0 Å². The van der Waals surface area contributed by atoms with Crippen LogP contribution < -0.4 is 5.32 Å². The monoisotopic (exact) mass is 308 g/mol. The molecule has 0 spiro atoms. The number of carbonyl (C=O) groups is 2. The quantitative estimate of drug-likeness (QED) is 0.894. The van der Waals surface area contributed by atoms with E-state index in [4.69, 9.17) is 5.11 Å². The van der Waals surface area contributed by atoms with Crippen molar-refractivity contribution in [2.75, 3.05) is 18.4 Å². The Balaban J connectivity index is 2.03. The van der Waals surface area contributed by atoms with E-state index in [1.54, 1.807) is 11.1 Å². The molecule has 2 N–H and O–H groups in total. The van der Waals surface area contributed by atoms with Gasteiger partial charge in [-0.1, -0.05) is 6.92 Å². The number of hydrogen-bond acceptors (Lipinski definition) is 3. The number of carboxylic acid groups (broad SMARTS) is 1. The van der Waals surface area contributed by atoms with Crippen molar-refractivity contribution in [3.63, 3.8) is 0 Å². The highest BCUT2D eigenvalue weighted by molar-refractivity contribution is 5.90. The van der Waals surface area contributed by atoms with Gasteiger partial charge in [0.2, 0.25) is 0 Å². The molecule has 1 fully saturated rings. The Kier molecular flexibility index (Phi) is 5.05. The van der Waals surface area contributed by atoms with Crippen LogP contribution in [0, 0.1) is 12.8 Å². The van der Waals surface area contributed by atoms with E-state index in [1.807, 2.05) is 11.6 Å². The number of anilines is 1. The van der Waals surface area contributed by atoms with Gasteiger partial charge in [0.05, 0.1) is 23.5 Å². The predicted octanol–water partition coefficient (Wildman–Crippen LogP) is 2.49. The van der Waals surface area contributed by atoms with Crippen molar-refractivity contribution in [2.24, 2.45) is 5.92 Å². The Morgan fingerprint density at radius 1 is 1.55 bits per heavy atom. The molecule has 1 aromatic heterocycles. The first-order valence-corrected chi connectivity index (χ1v) is 7.76. The summed E-state index contributed by atoms with van der Waals surface area (Å²) in [4.78, 5) is 25.0. The van der Waals surface area contributed by atoms with E-state index in [9.17, 15) is 9.59 Å². The fraction of sp³-hybridized carbons (Fsp3) is 0.667. The maximum Gasteiger partial charge on any atom is 0.321 e. The summed E-state index contributed by atoms with van der Waals surface area (Å²) in [5, 5.41) is 16.3.